The number of amides is 3. The topological polar surface area (TPSA) is 81.7 Å². The average molecular weight is 574 g/mol. The molecule has 0 radical (unpaired) electrons. The molecule has 0 saturated carbocycles. The Morgan fingerprint density at radius 1 is 1.10 bits per heavy atom. The molecule has 2 aliphatic rings. The Kier molecular flexibility index (Phi) is 6.26. The first-order chi connectivity index (χ1) is 18.2. The van der Waals surface area contributed by atoms with Crippen molar-refractivity contribution in [1.82, 2.24) is 5.32 Å². The zero-order chi connectivity index (χ0) is 28.4. The van der Waals surface area contributed by atoms with Gasteiger partial charge in [0.15, 0.2) is 0 Å². The van der Waals surface area contributed by atoms with E-state index in [1.165, 1.54) is 6.07 Å². The monoisotopic (exact) mass is 573 g/mol. The van der Waals surface area contributed by atoms with E-state index in [0.29, 0.717) is 11.0 Å². The van der Waals surface area contributed by atoms with Gasteiger partial charge in [-0.15, -0.1) is 0 Å². The molecule has 2 heterocycles. The maximum atomic E-state index is 14.0. The Hall–Kier alpha value is -3.84. The van der Waals surface area contributed by atoms with Gasteiger partial charge in [-0.25, -0.2) is 22.4 Å². The number of hydrogen-bond acceptors (Lipinski definition) is 3. The molecule has 6 nitrogen and oxygen atoms in total. The van der Waals surface area contributed by atoms with Crippen LogP contribution in [-0.2, 0) is 5.60 Å². The number of nitrogens with one attached hydrogen (secondary N) is 2. The van der Waals surface area contributed by atoms with E-state index in [9.17, 15) is 45.4 Å². The number of hydrogen-bond donors (Lipinski definition) is 3. The quantitative estimate of drug-likeness (QED) is 0.327. The van der Waals surface area contributed by atoms with Gasteiger partial charge in [0.25, 0.3) is 12.3 Å². The molecule has 3 aromatic carbocycles. The molecule has 0 fully saturated rings. The van der Waals surface area contributed by atoms with Gasteiger partial charge in [-0.1, -0.05) is 11.6 Å². The predicted molar refractivity (Wildman–Crippen MR) is 125 cm³/mol. The van der Waals surface area contributed by atoms with Crippen molar-refractivity contribution in [3.63, 3.8) is 0 Å². The number of carbonyl (C=O) groups is 2. The van der Waals surface area contributed by atoms with E-state index in [-0.39, 0.29) is 21.7 Å². The standard InChI is InChI=1S/C25H15ClF7N3O3/c26-16-3-1-11(27)7-13(16)20-19-14(22(37)35-20)5-10(21(29)30)6-17(19)34-23(38)36-9-24(39,25(31,32)33)15-8-12(28)2-4-18(15)36/h1-8,20-21,39H,9H2,(H,34,38)(H,35,37)/t20-,24+/m1/s1. The molecule has 0 aliphatic carbocycles. The number of alkyl halides is 5. The summed E-state index contributed by atoms with van der Waals surface area (Å²) in [6.07, 6.45) is -8.42. The average Bonchev–Trinajstić information content (AvgIpc) is 3.35. The smallest absolute Gasteiger partial charge is 0.375 e. The van der Waals surface area contributed by atoms with Gasteiger partial charge in [0, 0.05) is 38.5 Å². The van der Waals surface area contributed by atoms with E-state index in [4.69, 9.17) is 11.6 Å². The minimum atomic E-state index is -5.31. The maximum absolute atomic E-state index is 14.0. The first-order valence-electron chi connectivity index (χ1n) is 11.1. The molecule has 14 heteroatoms. The summed E-state index contributed by atoms with van der Waals surface area (Å²) in [4.78, 5) is 26.4. The van der Waals surface area contributed by atoms with Crippen LogP contribution in [0.2, 0.25) is 5.02 Å². The summed E-state index contributed by atoms with van der Waals surface area (Å²) in [5.41, 5.74) is -6.48. The fourth-order valence-electron chi connectivity index (χ4n) is 4.73. The molecule has 0 saturated heterocycles. The summed E-state index contributed by atoms with van der Waals surface area (Å²) >= 11 is 6.18. The lowest BCUT2D eigenvalue weighted by atomic mass is 9.94. The SMILES string of the molecule is O=C1N[C@H](c2cc(F)ccc2Cl)c2c(NC(=O)N3C[C@@](O)(C(F)(F)F)c4cc(F)ccc43)cc(C(F)F)cc21. The molecule has 2 atom stereocenters. The summed E-state index contributed by atoms with van der Waals surface area (Å²) in [7, 11) is 0. The Labute approximate surface area is 220 Å². The highest BCUT2D eigenvalue weighted by Gasteiger charge is 2.61. The molecule has 2 aliphatic heterocycles. The first kappa shape index (κ1) is 26.8. The van der Waals surface area contributed by atoms with Crippen molar-refractivity contribution in [3.05, 3.63) is 93.0 Å². The third kappa shape index (κ3) is 4.35. The van der Waals surface area contributed by atoms with Crippen LogP contribution in [0.15, 0.2) is 48.5 Å². The van der Waals surface area contributed by atoms with E-state index in [1.807, 2.05) is 0 Å². The molecule has 3 N–H and O–H groups in total. The van der Waals surface area contributed by atoms with Gasteiger partial charge in [0.1, 0.15) is 11.6 Å². The Morgan fingerprint density at radius 3 is 2.44 bits per heavy atom. The number of aliphatic hydroxyl groups is 1. The van der Waals surface area contributed by atoms with Crippen molar-refractivity contribution in [1.29, 1.82) is 0 Å². The molecule has 0 spiro atoms. The number of carbonyl (C=O) groups excluding carboxylic acids is 2. The number of anilines is 2. The molecule has 3 amide bonds. The van der Waals surface area contributed by atoms with Crippen molar-refractivity contribution in [2.75, 3.05) is 16.8 Å². The van der Waals surface area contributed by atoms with Gasteiger partial charge in [0.05, 0.1) is 18.3 Å². The first-order valence-corrected chi connectivity index (χ1v) is 11.5. The number of β-amino-alcohol motifs (C(OH)–C–C–N with tert-alkyl or cyclic N) is 1. The van der Waals surface area contributed by atoms with Crippen LogP contribution in [0.3, 0.4) is 0 Å². The summed E-state index contributed by atoms with van der Waals surface area (Å²) in [6.45, 7) is -1.37. The maximum Gasteiger partial charge on any atom is 0.423 e. The number of fused-ring (bicyclic) bond motifs is 2. The molecule has 3 aromatic rings. The Morgan fingerprint density at radius 2 is 1.77 bits per heavy atom. The summed E-state index contributed by atoms with van der Waals surface area (Å²) in [6, 6.07) is 4.47. The summed E-state index contributed by atoms with van der Waals surface area (Å²) < 4.78 is 96.5. The van der Waals surface area contributed by atoms with Crippen molar-refractivity contribution in [2.45, 2.75) is 24.2 Å². The highest BCUT2D eigenvalue weighted by molar-refractivity contribution is 6.31. The fourth-order valence-corrected chi connectivity index (χ4v) is 4.96. The minimum absolute atomic E-state index is 0.00417. The van der Waals surface area contributed by atoms with Gasteiger partial charge >= 0.3 is 12.2 Å². The van der Waals surface area contributed by atoms with Gasteiger partial charge in [0.2, 0.25) is 5.60 Å². The predicted octanol–water partition coefficient (Wildman–Crippen LogP) is 6.19. The van der Waals surface area contributed by atoms with Crippen LogP contribution in [0.25, 0.3) is 0 Å². The second-order valence-corrected chi connectivity index (χ2v) is 9.35. The molecule has 0 unspecified atom stereocenters. The lowest BCUT2D eigenvalue weighted by Gasteiger charge is -2.27. The van der Waals surface area contributed by atoms with E-state index < -0.39 is 76.9 Å². The molecular formula is C25H15ClF7N3O3. The number of urea groups is 1. The van der Waals surface area contributed by atoms with Gasteiger partial charge in [-0.3, -0.25) is 9.69 Å². The minimum Gasteiger partial charge on any atom is -0.375 e. The third-order valence-electron chi connectivity index (χ3n) is 6.57. The normalized spacial score (nSPS) is 20.2. The molecule has 39 heavy (non-hydrogen) atoms. The van der Waals surface area contributed by atoms with Crippen LogP contribution in [0.5, 0.6) is 0 Å². The lowest BCUT2D eigenvalue weighted by molar-refractivity contribution is -0.258. The van der Waals surface area contributed by atoms with Gasteiger partial charge < -0.3 is 15.7 Å². The second kappa shape index (κ2) is 9.12. The van der Waals surface area contributed by atoms with Crippen LogP contribution in [0.4, 0.5) is 46.9 Å². The number of nitrogens with zero attached hydrogens (tertiary/aromatic N) is 1. The zero-order valence-electron chi connectivity index (χ0n) is 19.2. The van der Waals surface area contributed by atoms with Crippen LogP contribution < -0.4 is 15.5 Å². The van der Waals surface area contributed by atoms with Crippen molar-refractivity contribution >= 4 is 34.9 Å². The largest absolute Gasteiger partial charge is 0.423 e. The molecule has 0 aromatic heterocycles. The lowest BCUT2D eigenvalue weighted by Crippen LogP contribution is -2.48. The highest BCUT2D eigenvalue weighted by Crippen LogP contribution is 2.49. The van der Waals surface area contributed by atoms with Gasteiger partial charge in [-0.2, -0.15) is 13.2 Å². The summed E-state index contributed by atoms with van der Waals surface area (Å²) in [5.74, 6) is -2.68. The third-order valence-corrected chi connectivity index (χ3v) is 6.91. The van der Waals surface area contributed by atoms with Gasteiger partial charge in [-0.05, 0) is 48.5 Å². The highest BCUT2D eigenvalue weighted by atomic mass is 35.5. The molecule has 0 bridgehead atoms. The second-order valence-electron chi connectivity index (χ2n) is 8.94. The van der Waals surface area contributed by atoms with Crippen molar-refractivity contribution < 1.29 is 45.4 Å². The number of halogens is 8. The van der Waals surface area contributed by atoms with Crippen LogP contribution in [0.1, 0.15) is 45.1 Å². The van der Waals surface area contributed by atoms with E-state index in [1.54, 1.807) is 0 Å². The molecule has 204 valence electrons. The number of benzene rings is 3. The number of rotatable bonds is 3. The van der Waals surface area contributed by atoms with E-state index >= 15 is 0 Å². The molecule has 5 rings (SSSR count). The van der Waals surface area contributed by atoms with Crippen LogP contribution in [0, 0.1) is 11.6 Å². The van der Waals surface area contributed by atoms with E-state index in [0.717, 1.165) is 36.4 Å². The van der Waals surface area contributed by atoms with E-state index in [2.05, 4.69) is 10.6 Å². The summed E-state index contributed by atoms with van der Waals surface area (Å²) in [5, 5.41) is 15.1. The van der Waals surface area contributed by atoms with Crippen LogP contribution in [-0.4, -0.2) is 29.8 Å². The van der Waals surface area contributed by atoms with Crippen molar-refractivity contribution in [3.8, 4) is 0 Å². The Balaban J connectivity index is 1.60. The zero-order valence-corrected chi connectivity index (χ0v) is 20.0. The van der Waals surface area contributed by atoms with Crippen molar-refractivity contribution in [2.24, 2.45) is 0 Å². The van der Waals surface area contributed by atoms with Crippen LogP contribution >= 0.6 is 11.6 Å². The fraction of sp³-hybridized carbons (Fsp3) is 0.200. The Bertz CT molecular complexity index is 1530. The molecular weight excluding hydrogens is 559 g/mol.